The van der Waals surface area contributed by atoms with Crippen LogP contribution in [0.5, 0.6) is 11.5 Å². The van der Waals surface area contributed by atoms with E-state index in [-0.39, 0.29) is 0 Å². The van der Waals surface area contributed by atoms with Gasteiger partial charge in [-0.1, -0.05) is 0 Å². The molecule has 5 nitrogen and oxygen atoms in total. The van der Waals surface area contributed by atoms with Crippen LogP contribution in [0.1, 0.15) is 6.42 Å². The van der Waals surface area contributed by atoms with Crippen molar-refractivity contribution in [1.29, 1.82) is 0 Å². The van der Waals surface area contributed by atoms with Gasteiger partial charge in [-0.25, -0.2) is 0 Å². The summed E-state index contributed by atoms with van der Waals surface area (Å²) in [6.07, 6.45) is 0.939. The van der Waals surface area contributed by atoms with Gasteiger partial charge in [0.05, 0.1) is 19.3 Å². The van der Waals surface area contributed by atoms with Gasteiger partial charge in [-0.15, -0.1) is 0 Å². The van der Waals surface area contributed by atoms with Crippen LogP contribution in [0.25, 0.3) is 0 Å². The number of morpholine rings is 1. The summed E-state index contributed by atoms with van der Waals surface area (Å²) in [6.45, 7) is 4.31. The minimum atomic E-state index is 0.348. The monoisotopic (exact) mass is 264 g/mol. The number of hydrogen-bond acceptors (Lipinski definition) is 5. The van der Waals surface area contributed by atoms with Crippen molar-refractivity contribution in [2.24, 2.45) is 5.73 Å². The standard InChI is InChI=1S/C14H20N2O3/c15-4-3-12-10-17-6-5-16(12)11-1-2-13-14(9-11)19-8-7-18-13/h1-2,9,12H,3-8,10,15H2. The van der Waals surface area contributed by atoms with Crippen molar-refractivity contribution in [3.8, 4) is 11.5 Å². The molecule has 3 rings (SSSR count). The number of benzene rings is 1. The fourth-order valence-corrected chi connectivity index (χ4v) is 2.64. The van der Waals surface area contributed by atoms with Crippen molar-refractivity contribution in [3.05, 3.63) is 18.2 Å². The molecule has 0 amide bonds. The van der Waals surface area contributed by atoms with E-state index in [9.17, 15) is 0 Å². The van der Waals surface area contributed by atoms with Crippen molar-refractivity contribution in [2.75, 3.05) is 44.4 Å². The smallest absolute Gasteiger partial charge is 0.163 e. The molecule has 19 heavy (non-hydrogen) atoms. The first kappa shape index (κ1) is 12.6. The summed E-state index contributed by atoms with van der Waals surface area (Å²) in [6, 6.07) is 6.48. The lowest BCUT2D eigenvalue weighted by Gasteiger charge is -2.37. The van der Waals surface area contributed by atoms with Crippen LogP contribution in [-0.4, -0.2) is 45.6 Å². The molecule has 5 heteroatoms. The zero-order chi connectivity index (χ0) is 13.1. The minimum absolute atomic E-state index is 0.348. The Morgan fingerprint density at radius 1 is 1.16 bits per heavy atom. The van der Waals surface area contributed by atoms with Gasteiger partial charge >= 0.3 is 0 Å². The number of nitrogens with zero attached hydrogens (tertiary/aromatic N) is 1. The number of rotatable bonds is 3. The van der Waals surface area contributed by atoms with E-state index in [1.807, 2.05) is 6.07 Å². The van der Waals surface area contributed by atoms with Crippen LogP contribution >= 0.6 is 0 Å². The van der Waals surface area contributed by atoms with E-state index in [2.05, 4.69) is 17.0 Å². The first-order chi connectivity index (χ1) is 9.38. The summed E-state index contributed by atoms with van der Waals surface area (Å²) in [5.74, 6) is 1.67. The first-order valence-corrected chi connectivity index (χ1v) is 6.82. The molecule has 0 saturated carbocycles. The van der Waals surface area contributed by atoms with Gasteiger partial charge in [0.2, 0.25) is 0 Å². The summed E-state index contributed by atoms with van der Waals surface area (Å²) in [7, 11) is 0. The van der Waals surface area contributed by atoms with E-state index in [1.54, 1.807) is 0 Å². The second-order valence-electron chi connectivity index (χ2n) is 4.83. The van der Waals surface area contributed by atoms with Gasteiger partial charge in [0.1, 0.15) is 13.2 Å². The molecule has 0 bridgehead atoms. The van der Waals surface area contributed by atoms with Gasteiger partial charge in [-0.3, -0.25) is 0 Å². The predicted octanol–water partition coefficient (Wildman–Crippen LogP) is 1.01. The summed E-state index contributed by atoms with van der Waals surface area (Å²) in [5, 5.41) is 0. The van der Waals surface area contributed by atoms with E-state index in [1.165, 1.54) is 0 Å². The zero-order valence-corrected chi connectivity index (χ0v) is 11.0. The molecule has 1 saturated heterocycles. The molecular formula is C14H20N2O3. The van der Waals surface area contributed by atoms with E-state index in [0.717, 1.165) is 43.4 Å². The summed E-state index contributed by atoms with van der Waals surface area (Å²) >= 11 is 0. The summed E-state index contributed by atoms with van der Waals surface area (Å²) < 4.78 is 16.7. The maximum atomic E-state index is 5.68. The minimum Gasteiger partial charge on any atom is -0.486 e. The van der Waals surface area contributed by atoms with Gasteiger partial charge in [0.15, 0.2) is 11.5 Å². The molecule has 2 aliphatic heterocycles. The van der Waals surface area contributed by atoms with Crippen LogP contribution < -0.4 is 20.1 Å². The van der Waals surface area contributed by atoms with Crippen LogP contribution in [0.2, 0.25) is 0 Å². The number of ether oxygens (including phenoxy) is 3. The number of nitrogens with two attached hydrogens (primary N) is 1. The van der Waals surface area contributed by atoms with Crippen molar-refractivity contribution >= 4 is 5.69 Å². The van der Waals surface area contributed by atoms with Crippen LogP contribution in [0.4, 0.5) is 5.69 Å². The van der Waals surface area contributed by atoms with E-state index < -0.39 is 0 Å². The lowest BCUT2D eigenvalue weighted by atomic mass is 10.1. The molecule has 0 spiro atoms. The normalized spacial score (nSPS) is 22.4. The third-order valence-electron chi connectivity index (χ3n) is 3.58. The first-order valence-electron chi connectivity index (χ1n) is 6.82. The van der Waals surface area contributed by atoms with Crippen LogP contribution in [0.15, 0.2) is 18.2 Å². The maximum absolute atomic E-state index is 5.68. The molecule has 0 aromatic heterocycles. The van der Waals surface area contributed by atoms with Gasteiger partial charge in [0, 0.05) is 18.3 Å². The molecule has 2 N–H and O–H groups in total. The molecule has 1 aromatic rings. The third-order valence-corrected chi connectivity index (χ3v) is 3.58. The van der Waals surface area contributed by atoms with E-state index in [0.29, 0.717) is 25.8 Å². The van der Waals surface area contributed by atoms with Gasteiger partial charge < -0.3 is 24.8 Å². The molecule has 1 unspecified atom stereocenters. The number of fused-ring (bicyclic) bond motifs is 1. The highest BCUT2D eigenvalue weighted by molar-refractivity contribution is 5.57. The van der Waals surface area contributed by atoms with Gasteiger partial charge in [-0.2, -0.15) is 0 Å². The van der Waals surface area contributed by atoms with Crippen molar-refractivity contribution < 1.29 is 14.2 Å². The Morgan fingerprint density at radius 3 is 2.84 bits per heavy atom. The highest BCUT2D eigenvalue weighted by Gasteiger charge is 2.24. The van der Waals surface area contributed by atoms with E-state index >= 15 is 0 Å². The molecule has 1 atom stereocenters. The Kier molecular flexibility index (Phi) is 3.75. The molecule has 104 valence electrons. The van der Waals surface area contributed by atoms with Crippen molar-refractivity contribution in [3.63, 3.8) is 0 Å². The summed E-state index contributed by atoms with van der Waals surface area (Å²) in [4.78, 5) is 2.36. The second kappa shape index (κ2) is 5.67. The summed E-state index contributed by atoms with van der Waals surface area (Å²) in [5.41, 5.74) is 6.84. The quantitative estimate of drug-likeness (QED) is 0.883. The number of anilines is 1. The molecular weight excluding hydrogens is 244 g/mol. The lowest BCUT2D eigenvalue weighted by molar-refractivity contribution is 0.0921. The highest BCUT2D eigenvalue weighted by atomic mass is 16.6. The van der Waals surface area contributed by atoms with Gasteiger partial charge in [0.25, 0.3) is 0 Å². The van der Waals surface area contributed by atoms with Crippen molar-refractivity contribution in [2.45, 2.75) is 12.5 Å². The molecule has 2 heterocycles. The average molecular weight is 264 g/mol. The lowest BCUT2D eigenvalue weighted by Crippen LogP contribution is -2.46. The molecule has 0 aliphatic carbocycles. The average Bonchev–Trinajstić information content (AvgIpc) is 2.48. The van der Waals surface area contributed by atoms with Crippen LogP contribution in [0, 0.1) is 0 Å². The topological polar surface area (TPSA) is 57.0 Å². The van der Waals surface area contributed by atoms with Crippen molar-refractivity contribution in [1.82, 2.24) is 0 Å². The third kappa shape index (κ3) is 2.62. The molecule has 2 aliphatic rings. The fraction of sp³-hybridized carbons (Fsp3) is 0.571. The Balaban J connectivity index is 1.83. The van der Waals surface area contributed by atoms with Crippen LogP contribution in [-0.2, 0) is 4.74 Å². The Labute approximate surface area is 113 Å². The zero-order valence-electron chi connectivity index (χ0n) is 11.0. The van der Waals surface area contributed by atoms with Gasteiger partial charge in [-0.05, 0) is 25.1 Å². The van der Waals surface area contributed by atoms with Crippen LogP contribution in [0.3, 0.4) is 0 Å². The SMILES string of the molecule is NCCC1COCCN1c1ccc2c(c1)OCCO2. The largest absolute Gasteiger partial charge is 0.486 e. The Bertz CT molecular complexity index is 437. The highest BCUT2D eigenvalue weighted by Crippen LogP contribution is 2.35. The fourth-order valence-electron chi connectivity index (χ4n) is 2.64. The second-order valence-corrected chi connectivity index (χ2v) is 4.83. The molecule has 1 fully saturated rings. The van der Waals surface area contributed by atoms with E-state index in [4.69, 9.17) is 19.9 Å². The number of hydrogen-bond donors (Lipinski definition) is 1. The molecule has 1 aromatic carbocycles. The molecule has 0 radical (unpaired) electrons. The Hall–Kier alpha value is -1.46. The maximum Gasteiger partial charge on any atom is 0.163 e. The Morgan fingerprint density at radius 2 is 2.00 bits per heavy atom. The predicted molar refractivity (Wildman–Crippen MR) is 73.1 cm³/mol.